The lowest BCUT2D eigenvalue weighted by atomic mass is 9.99. The van der Waals surface area contributed by atoms with Gasteiger partial charge < -0.3 is 10.2 Å². The summed E-state index contributed by atoms with van der Waals surface area (Å²) in [5.41, 5.74) is -0.487. The molecule has 3 nitrogen and oxygen atoms in total. The van der Waals surface area contributed by atoms with Crippen LogP contribution in [-0.4, -0.2) is 37.5 Å². The standard InChI is InChI=1S/C14H17BrF2N2O/c1-19(8-9-3-2-4-18-7-9)14(20)13-11(16)5-10(15)6-12(13)17/h5-6,9,18H,2-4,7-8H2,1H3. The topological polar surface area (TPSA) is 32.3 Å². The summed E-state index contributed by atoms with van der Waals surface area (Å²) in [5, 5.41) is 3.26. The van der Waals surface area contributed by atoms with E-state index in [1.807, 2.05) is 0 Å². The number of hydrogen-bond donors (Lipinski definition) is 1. The fourth-order valence-corrected chi connectivity index (χ4v) is 2.89. The third-order valence-corrected chi connectivity index (χ3v) is 3.96. The normalized spacial score (nSPS) is 18.9. The Balaban J connectivity index is 2.10. The predicted molar refractivity (Wildman–Crippen MR) is 76.6 cm³/mol. The maximum Gasteiger partial charge on any atom is 0.259 e. The number of halogens is 3. The molecular formula is C14H17BrF2N2O. The number of hydrogen-bond acceptors (Lipinski definition) is 2. The van der Waals surface area contributed by atoms with E-state index in [9.17, 15) is 13.6 Å². The number of benzene rings is 1. The van der Waals surface area contributed by atoms with Gasteiger partial charge in [-0.1, -0.05) is 15.9 Å². The second-order valence-corrected chi connectivity index (χ2v) is 6.06. The van der Waals surface area contributed by atoms with Crippen LogP contribution in [0, 0.1) is 17.6 Å². The summed E-state index contributed by atoms with van der Waals surface area (Å²) >= 11 is 3.00. The molecule has 1 aliphatic rings. The lowest BCUT2D eigenvalue weighted by Gasteiger charge is -2.27. The van der Waals surface area contributed by atoms with Gasteiger partial charge >= 0.3 is 0 Å². The molecule has 2 rings (SSSR count). The Morgan fingerprint density at radius 3 is 2.65 bits per heavy atom. The highest BCUT2D eigenvalue weighted by Gasteiger charge is 2.24. The van der Waals surface area contributed by atoms with Crippen molar-refractivity contribution in [2.45, 2.75) is 12.8 Å². The smallest absolute Gasteiger partial charge is 0.259 e. The average Bonchev–Trinajstić information content (AvgIpc) is 2.38. The summed E-state index contributed by atoms with van der Waals surface area (Å²) in [5.74, 6) is -1.96. The summed E-state index contributed by atoms with van der Waals surface area (Å²) in [4.78, 5) is 13.6. The molecular weight excluding hydrogens is 330 g/mol. The summed E-state index contributed by atoms with van der Waals surface area (Å²) in [6.45, 7) is 2.33. The first-order valence-electron chi connectivity index (χ1n) is 6.59. The Morgan fingerprint density at radius 2 is 2.10 bits per heavy atom. The number of nitrogens with one attached hydrogen (secondary N) is 1. The van der Waals surface area contributed by atoms with Gasteiger partial charge in [-0.15, -0.1) is 0 Å². The van der Waals surface area contributed by atoms with Gasteiger partial charge in [0.2, 0.25) is 0 Å². The van der Waals surface area contributed by atoms with E-state index >= 15 is 0 Å². The van der Waals surface area contributed by atoms with Crippen LogP contribution in [0.1, 0.15) is 23.2 Å². The van der Waals surface area contributed by atoms with Crippen LogP contribution >= 0.6 is 15.9 Å². The van der Waals surface area contributed by atoms with Crippen LogP contribution in [0.2, 0.25) is 0 Å². The van der Waals surface area contributed by atoms with E-state index in [1.54, 1.807) is 7.05 Å². The maximum absolute atomic E-state index is 13.8. The summed E-state index contributed by atoms with van der Waals surface area (Å²) in [6.07, 6.45) is 2.09. The minimum Gasteiger partial charge on any atom is -0.341 e. The van der Waals surface area contributed by atoms with Gasteiger partial charge in [-0.2, -0.15) is 0 Å². The predicted octanol–water partition coefficient (Wildman–Crippen LogP) is 2.80. The number of piperidine rings is 1. The van der Waals surface area contributed by atoms with E-state index < -0.39 is 23.1 Å². The van der Waals surface area contributed by atoms with Gasteiger partial charge in [0, 0.05) is 18.1 Å². The Bertz CT molecular complexity index is 481. The summed E-state index contributed by atoms with van der Waals surface area (Å²) < 4.78 is 27.8. The van der Waals surface area contributed by atoms with Gasteiger partial charge in [0.25, 0.3) is 5.91 Å². The molecule has 0 spiro atoms. The van der Waals surface area contributed by atoms with Crippen molar-refractivity contribution < 1.29 is 13.6 Å². The Hall–Kier alpha value is -1.01. The zero-order chi connectivity index (χ0) is 14.7. The molecule has 1 aromatic rings. The van der Waals surface area contributed by atoms with E-state index in [4.69, 9.17) is 0 Å². The Labute approximate surface area is 125 Å². The number of amides is 1. The van der Waals surface area contributed by atoms with Gasteiger partial charge in [-0.3, -0.25) is 4.79 Å². The molecule has 1 fully saturated rings. The monoisotopic (exact) mass is 346 g/mol. The minimum atomic E-state index is -0.838. The van der Waals surface area contributed by atoms with Crippen LogP contribution < -0.4 is 5.32 Å². The molecule has 0 bridgehead atoms. The molecule has 6 heteroatoms. The maximum atomic E-state index is 13.8. The van der Waals surface area contributed by atoms with Crippen molar-refractivity contribution in [1.82, 2.24) is 10.2 Å². The molecule has 1 N–H and O–H groups in total. The molecule has 110 valence electrons. The van der Waals surface area contributed by atoms with Crippen molar-refractivity contribution in [1.29, 1.82) is 0 Å². The van der Waals surface area contributed by atoms with E-state index in [0.717, 1.165) is 38.1 Å². The molecule has 0 aliphatic carbocycles. The van der Waals surface area contributed by atoms with E-state index in [-0.39, 0.29) is 4.47 Å². The number of carbonyl (C=O) groups is 1. The van der Waals surface area contributed by atoms with E-state index in [1.165, 1.54) is 4.90 Å². The molecule has 1 amide bonds. The van der Waals surface area contributed by atoms with Crippen molar-refractivity contribution in [2.24, 2.45) is 5.92 Å². The highest BCUT2D eigenvalue weighted by atomic mass is 79.9. The molecule has 20 heavy (non-hydrogen) atoms. The Kier molecular flexibility index (Phi) is 5.10. The molecule has 0 radical (unpaired) electrons. The number of nitrogens with zero attached hydrogens (tertiary/aromatic N) is 1. The molecule has 0 saturated carbocycles. The molecule has 1 aromatic carbocycles. The van der Waals surface area contributed by atoms with Gasteiger partial charge in [0.15, 0.2) is 0 Å². The number of rotatable bonds is 3. The van der Waals surface area contributed by atoms with Crippen LogP contribution in [0.4, 0.5) is 8.78 Å². The van der Waals surface area contributed by atoms with E-state index in [2.05, 4.69) is 21.2 Å². The Morgan fingerprint density at radius 1 is 1.45 bits per heavy atom. The minimum absolute atomic E-state index is 0.281. The molecule has 1 atom stereocenters. The largest absolute Gasteiger partial charge is 0.341 e. The average molecular weight is 347 g/mol. The summed E-state index contributed by atoms with van der Waals surface area (Å²) in [6, 6.07) is 2.21. The fourth-order valence-electron chi connectivity index (χ4n) is 2.49. The highest BCUT2D eigenvalue weighted by Crippen LogP contribution is 2.21. The van der Waals surface area contributed by atoms with Gasteiger partial charge in [0.1, 0.15) is 17.2 Å². The fraction of sp³-hybridized carbons (Fsp3) is 0.500. The third-order valence-electron chi connectivity index (χ3n) is 3.50. The zero-order valence-corrected chi connectivity index (χ0v) is 12.8. The van der Waals surface area contributed by atoms with Crippen LogP contribution in [0.3, 0.4) is 0 Å². The van der Waals surface area contributed by atoms with Crippen molar-refractivity contribution in [2.75, 3.05) is 26.7 Å². The SMILES string of the molecule is CN(CC1CCCNC1)C(=O)c1c(F)cc(Br)cc1F. The van der Waals surface area contributed by atoms with Crippen LogP contribution in [0.25, 0.3) is 0 Å². The molecule has 1 unspecified atom stereocenters. The van der Waals surface area contributed by atoms with Gasteiger partial charge in [0.05, 0.1) is 0 Å². The molecule has 1 aliphatic heterocycles. The quantitative estimate of drug-likeness (QED) is 0.912. The van der Waals surface area contributed by atoms with Gasteiger partial charge in [-0.05, 0) is 44.0 Å². The zero-order valence-electron chi connectivity index (χ0n) is 11.3. The van der Waals surface area contributed by atoms with Crippen molar-refractivity contribution in [3.8, 4) is 0 Å². The van der Waals surface area contributed by atoms with E-state index in [0.29, 0.717) is 12.5 Å². The second kappa shape index (κ2) is 6.63. The third kappa shape index (κ3) is 3.55. The van der Waals surface area contributed by atoms with Crippen LogP contribution in [0.15, 0.2) is 16.6 Å². The van der Waals surface area contributed by atoms with Crippen LogP contribution in [0.5, 0.6) is 0 Å². The number of carbonyl (C=O) groups excluding carboxylic acids is 1. The van der Waals surface area contributed by atoms with Gasteiger partial charge in [-0.25, -0.2) is 8.78 Å². The molecule has 1 heterocycles. The van der Waals surface area contributed by atoms with Crippen molar-refractivity contribution in [3.05, 3.63) is 33.8 Å². The lowest BCUT2D eigenvalue weighted by molar-refractivity contribution is 0.0755. The molecule has 0 aromatic heterocycles. The van der Waals surface area contributed by atoms with Crippen LogP contribution in [-0.2, 0) is 0 Å². The van der Waals surface area contributed by atoms with Crippen molar-refractivity contribution >= 4 is 21.8 Å². The first-order chi connectivity index (χ1) is 9.49. The highest BCUT2D eigenvalue weighted by molar-refractivity contribution is 9.10. The first-order valence-corrected chi connectivity index (χ1v) is 7.39. The summed E-state index contributed by atoms with van der Waals surface area (Å²) in [7, 11) is 1.58. The lowest BCUT2D eigenvalue weighted by Crippen LogP contribution is -2.39. The second-order valence-electron chi connectivity index (χ2n) is 5.14. The molecule has 1 saturated heterocycles. The van der Waals surface area contributed by atoms with Crippen molar-refractivity contribution in [3.63, 3.8) is 0 Å². The first kappa shape index (κ1) is 15.4.